The van der Waals surface area contributed by atoms with Gasteiger partial charge in [-0.25, -0.2) is 4.79 Å². The minimum absolute atomic E-state index is 0.0815. The van der Waals surface area contributed by atoms with Gasteiger partial charge in [0.25, 0.3) is 0 Å². The molecule has 64 heavy (non-hydrogen) atoms. The predicted molar refractivity (Wildman–Crippen MR) is 248 cm³/mol. The zero-order valence-corrected chi connectivity index (χ0v) is 40.8. The van der Waals surface area contributed by atoms with Gasteiger partial charge in [0.05, 0.1) is 18.9 Å². The number of amides is 4. The van der Waals surface area contributed by atoms with Crippen LogP contribution < -0.4 is 27.0 Å². The van der Waals surface area contributed by atoms with Gasteiger partial charge in [-0.2, -0.15) is 0 Å². The lowest BCUT2D eigenvalue weighted by molar-refractivity contribution is -0.159. The van der Waals surface area contributed by atoms with Crippen molar-refractivity contribution in [1.82, 2.24) is 21.3 Å². The van der Waals surface area contributed by atoms with Crippen LogP contribution in [0.5, 0.6) is 0 Å². The number of carbonyl (C=O) groups is 7. The number of nitrogens with two attached hydrogens (primary N) is 1. The van der Waals surface area contributed by atoms with Crippen molar-refractivity contribution >= 4 is 41.5 Å². The molecule has 0 aliphatic heterocycles. The SMILES string of the molecule is CCCCCCCCCCCC(CC(=O)OCc1ccccc1)OC(=O)[C@H](C)NC(=O)[C@@H](CC(C)C)NC(=O)[C@H](CC(=O)OC(C)(C)C)NC(=O)[C@@H](NC(=O)[C@H](N)CC(C)C)C(C)C. The van der Waals surface area contributed by atoms with Gasteiger partial charge in [0, 0.05) is 0 Å². The Balaban J connectivity index is 3.17. The number of rotatable bonds is 31. The summed E-state index contributed by atoms with van der Waals surface area (Å²) in [6.45, 7) is 19.7. The highest BCUT2D eigenvalue weighted by Crippen LogP contribution is 2.17. The van der Waals surface area contributed by atoms with Gasteiger partial charge in [0.2, 0.25) is 23.6 Å². The normalized spacial score (nSPS) is 14.4. The Morgan fingerprint density at radius 3 is 1.72 bits per heavy atom. The molecular weight excluding hydrogens is 819 g/mol. The molecule has 0 heterocycles. The van der Waals surface area contributed by atoms with Crippen molar-refractivity contribution in [3.8, 4) is 0 Å². The molecule has 4 amide bonds. The standard InChI is InChI=1S/C49H83N5O10/c1-12-13-14-15-16-17-18-19-23-26-37(29-41(55)62-31-36-24-21-20-22-25-36)63-48(61)35(8)51-45(58)39(28-33(4)5)52-46(59)40(30-42(56)64-49(9,10)11)53-47(60)43(34(6)7)54-44(57)38(50)27-32(2)3/h20-22,24-25,32-35,37-40,43H,12-19,23,26-31,50H2,1-11H3,(H,51,58)(H,52,59)(H,53,60)(H,54,57)/t35-,37?,38+,39+,40-,43-/m0/s1. The number of hydrogen-bond acceptors (Lipinski definition) is 11. The molecule has 0 saturated heterocycles. The summed E-state index contributed by atoms with van der Waals surface area (Å²) in [4.78, 5) is 94.0. The van der Waals surface area contributed by atoms with Gasteiger partial charge in [-0.15, -0.1) is 0 Å². The fourth-order valence-electron chi connectivity index (χ4n) is 6.91. The van der Waals surface area contributed by atoms with Crippen molar-refractivity contribution in [3.63, 3.8) is 0 Å². The van der Waals surface area contributed by atoms with Crippen LogP contribution in [0.15, 0.2) is 30.3 Å². The van der Waals surface area contributed by atoms with E-state index in [4.69, 9.17) is 19.9 Å². The third-order valence-corrected chi connectivity index (χ3v) is 10.3. The van der Waals surface area contributed by atoms with E-state index >= 15 is 0 Å². The van der Waals surface area contributed by atoms with Crippen molar-refractivity contribution in [2.45, 2.75) is 215 Å². The molecule has 0 saturated carbocycles. The number of unbranched alkanes of at least 4 members (excludes halogenated alkanes) is 8. The van der Waals surface area contributed by atoms with Gasteiger partial charge >= 0.3 is 17.9 Å². The van der Waals surface area contributed by atoms with Crippen LogP contribution >= 0.6 is 0 Å². The van der Waals surface area contributed by atoms with E-state index in [-0.39, 0.29) is 31.3 Å². The second-order valence-electron chi connectivity index (χ2n) is 19.3. The molecular formula is C49H83N5O10. The first-order valence-electron chi connectivity index (χ1n) is 23.6. The molecule has 0 aliphatic carbocycles. The smallest absolute Gasteiger partial charge is 0.328 e. The second kappa shape index (κ2) is 30.6. The van der Waals surface area contributed by atoms with Crippen molar-refractivity contribution < 1.29 is 47.8 Å². The van der Waals surface area contributed by atoms with Gasteiger partial charge in [-0.1, -0.05) is 130 Å². The second-order valence-corrected chi connectivity index (χ2v) is 19.3. The Morgan fingerprint density at radius 1 is 0.625 bits per heavy atom. The Hall–Kier alpha value is -4.53. The molecule has 0 bridgehead atoms. The molecule has 1 aromatic carbocycles. The first-order chi connectivity index (χ1) is 30.0. The van der Waals surface area contributed by atoms with Crippen LogP contribution in [0, 0.1) is 17.8 Å². The lowest BCUT2D eigenvalue weighted by Gasteiger charge is -2.28. The van der Waals surface area contributed by atoms with Crippen LogP contribution in [0.4, 0.5) is 0 Å². The lowest BCUT2D eigenvalue weighted by Crippen LogP contribution is -2.60. The van der Waals surface area contributed by atoms with E-state index in [2.05, 4.69) is 28.2 Å². The summed E-state index contributed by atoms with van der Waals surface area (Å²) in [5.74, 6) is -5.27. The maximum atomic E-state index is 14.0. The quantitative estimate of drug-likeness (QED) is 0.0299. The fraction of sp³-hybridized carbons (Fsp3) is 0.735. The van der Waals surface area contributed by atoms with Gasteiger partial charge < -0.3 is 41.2 Å². The van der Waals surface area contributed by atoms with Gasteiger partial charge in [-0.05, 0) is 76.7 Å². The van der Waals surface area contributed by atoms with Crippen LogP contribution in [-0.4, -0.2) is 83.5 Å². The molecule has 6 N–H and O–H groups in total. The topological polar surface area (TPSA) is 221 Å². The Bertz CT molecular complexity index is 1580. The molecule has 1 rings (SSSR count). The number of hydrogen-bond donors (Lipinski definition) is 5. The minimum Gasteiger partial charge on any atom is -0.461 e. The van der Waals surface area contributed by atoms with Crippen molar-refractivity contribution in [1.29, 1.82) is 0 Å². The summed E-state index contributed by atoms with van der Waals surface area (Å²) in [6, 6.07) is 3.44. The maximum Gasteiger partial charge on any atom is 0.328 e. The van der Waals surface area contributed by atoms with E-state index < -0.39 is 95.8 Å². The summed E-state index contributed by atoms with van der Waals surface area (Å²) in [5, 5.41) is 10.6. The monoisotopic (exact) mass is 902 g/mol. The largest absolute Gasteiger partial charge is 0.461 e. The van der Waals surface area contributed by atoms with E-state index in [0.717, 1.165) is 31.2 Å². The van der Waals surface area contributed by atoms with Crippen LogP contribution in [0.2, 0.25) is 0 Å². The van der Waals surface area contributed by atoms with E-state index in [1.807, 2.05) is 58.0 Å². The minimum atomic E-state index is -1.50. The summed E-state index contributed by atoms with van der Waals surface area (Å²) in [5.41, 5.74) is 6.01. The molecule has 0 spiro atoms. The van der Waals surface area contributed by atoms with Crippen molar-refractivity contribution in [2.75, 3.05) is 0 Å². The summed E-state index contributed by atoms with van der Waals surface area (Å²) >= 11 is 0. The highest BCUT2D eigenvalue weighted by molar-refractivity contribution is 5.97. The Kier molecular flexibility index (Phi) is 27.5. The predicted octanol–water partition coefficient (Wildman–Crippen LogP) is 6.72. The summed E-state index contributed by atoms with van der Waals surface area (Å²) in [7, 11) is 0. The summed E-state index contributed by atoms with van der Waals surface area (Å²) < 4.78 is 16.8. The number of benzene rings is 1. The molecule has 0 radical (unpaired) electrons. The Labute approximate surface area is 383 Å². The molecule has 15 nitrogen and oxygen atoms in total. The van der Waals surface area contributed by atoms with Crippen molar-refractivity contribution in [3.05, 3.63) is 35.9 Å². The van der Waals surface area contributed by atoms with Gasteiger partial charge in [0.15, 0.2) is 0 Å². The molecule has 0 aromatic heterocycles. The maximum absolute atomic E-state index is 14.0. The highest BCUT2D eigenvalue weighted by atomic mass is 16.6. The highest BCUT2D eigenvalue weighted by Gasteiger charge is 2.35. The molecule has 15 heteroatoms. The van der Waals surface area contributed by atoms with Crippen LogP contribution in [-0.2, 0) is 54.4 Å². The zero-order chi connectivity index (χ0) is 48.4. The molecule has 0 fully saturated rings. The number of nitrogens with one attached hydrogen (secondary N) is 4. The average Bonchev–Trinajstić information content (AvgIpc) is 3.19. The van der Waals surface area contributed by atoms with E-state index in [0.29, 0.717) is 12.8 Å². The zero-order valence-electron chi connectivity index (χ0n) is 40.8. The molecule has 0 aliphatic rings. The number of carbonyl (C=O) groups excluding carboxylic acids is 7. The molecule has 1 aromatic rings. The third-order valence-electron chi connectivity index (χ3n) is 10.3. The number of ether oxygens (including phenoxy) is 3. The van der Waals surface area contributed by atoms with Crippen LogP contribution in [0.3, 0.4) is 0 Å². The fourth-order valence-corrected chi connectivity index (χ4v) is 6.91. The lowest BCUT2D eigenvalue weighted by atomic mass is 9.99. The molecule has 364 valence electrons. The first-order valence-corrected chi connectivity index (χ1v) is 23.6. The Morgan fingerprint density at radius 2 is 1.17 bits per heavy atom. The third kappa shape index (κ3) is 25.7. The van der Waals surface area contributed by atoms with Crippen LogP contribution in [0.1, 0.15) is 172 Å². The van der Waals surface area contributed by atoms with E-state index in [1.165, 1.54) is 39.0 Å². The average molecular weight is 902 g/mol. The van der Waals surface area contributed by atoms with E-state index in [9.17, 15) is 33.6 Å². The molecule has 1 unspecified atom stereocenters. The number of esters is 3. The van der Waals surface area contributed by atoms with Gasteiger partial charge in [0.1, 0.15) is 42.5 Å². The van der Waals surface area contributed by atoms with Crippen LogP contribution in [0.25, 0.3) is 0 Å². The molecule has 6 atom stereocenters. The van der Waals surface area contributed by atoms with Crippen molar-refractivity contribution in [2.24, 2.45) is 23.5 Å². The van der Waals surface area contributed by atoms with Gasteiger partial charge in [-0.3, -0.25) is 28.8 Å². The van der Waals surface area contributed by atoms with E-state index in [1.54, 1.807) is 34.6 Å². The first kappa shape index (κ1) is 57.5. The summed E-state index contributed by atoms with van der Waals surface area (Å²) in [6.07, 6.45) is 9.31.